The molecule has 122 valence electrons. The number of hydrogen-bond acceptors (Lipinski definition) is 3. The monoisotopic (exact) mass is 382 g/mol. The van der Waals surface area contributed by atoms with E-state index in [-0.39, 0.29) is 17.3 Å². The number of aromatic carboxylic acids is 1. The summed E-state index contributed by atoms with van der Waals surface area (Å²) < 4.78 is 14.3. The number of carboxylic acid groups (broad SMARTS) is 1. The van der Waals surface area contributed by atoms with Crippen molar-refractivity contribution in [3.05, 3.63) is 38.6 Å². The number of Topliss-reactive ketones (excluding diaryl/α,β-unsaturated/α-hetero) is 1. The van der Waals surface area contributed by atoms with Crippen LogP contribution in [-0.4, -0.2) is 23.6 Å². The molecule has 0 saturated carbocycles. The lowest BCUT2D eigenvalue weighted by Gasteiger charge is -2.22. The van der Waals surface area contributed by atoms with Crippen molar-refractivity contribution < 1.29 is 23.9 Å². The number of hydrogen-bond donors (Lipinski definition) is 1. The molecule has 0 saturated heterocycles. The summed E-state index contributed by atoms with van der Waals surface area (Å²) in [5.41, 5.74) is 3.51. The molecule has 0 radical (unpaired) electrons. The Morgan fingerprint density at radius 2 is 2.04 bits per heavy atom. The quantitative estimate of drug-likeness (QED) is 0.844. The summed E-state index contributed by atoms with van der Waals surface area (Å²) in [5.74, 6) is -1.48. The molecule has 6 heteroatoms. The van der Waals surface area contributed by atoms with Gasteiger partial charge in [0.1, 0.15) is 18.4 Å². The highest BCUT2D eigenvalue weighted by molar-refractivity contribution is 9.10. The maximum Gasteiger partial charge on any atom is 0.336 e. The molecule has 1 aromatic carbocycles. The van der Waals surface area contributed by atoms with E-state index in [1.807, 2.05) is 6.79 Å². The van der Waals surface area contributed by atoms with Gasteiger partial charge < -0.3 is 9.90 Å². The molecule has 0 heterocycles. The summed E-state index contributed by atoms with van der Waals surface area (Å²) in [5, 5.41) is 9.28. The minimum atomic E-state index is -1.11. The van der Waals surface area contributed by atoms with Crippen molar-refractivity contribution in [2.45, 2.75) is 32.6 Å². The summed E-state index contributed by atoms with van der Waals surface area (Å²) in [6, 6.07) is 1.08. The van der Waals surface area contributed by atoms with Crippen LogP contribution in [0.3, 0.4) is 0 Å². The second-order valence-corrected chi connectivity index (χ2v) is 6.48. The van der Waals surface area contributed by atoms with Crippen LogP contribution in [0.5, 0.6) is 0 Å². The number of ketones is 1. The normalized spacial score (nSPS) is 18.7. The molecule has 0 fully saturated rings. The zero-order chi connectivity index (χ0) is 17.3. The van der Waals surface area contributed by atoms with Crippen molar-refractivity contribution in [2.75, 3.05) is 0 Å². The van der Waals surface area contributed by atoms with Crippen molar-refractivity contribution in [3.63, 3.8) is 0 Å². The Balaban J connectivity index is 0.000000924. The van der Waals surface area contributed by atoms with Crippen LogP contribution in [0.15, 0.2) is 16.1 Å². The lowest BCUT2D eigenvalue weighted by atomic mass is 9.82. The van der Waals surface area contributed by atoms with Gasteiger partial charge in [0, 0.05) is 5.92 Å². The van der Waals surface area contributed by atoms with Crippen LogP contribution in [0.4, 0.5) is 4.39 Å². The second-order valence-electron chi connectivity index (χ2n) is 5.69. The zero-order valence-electron chi connectivity index (χ0n) is 12.6. The lowest BCUT2D eigenvalue weighted by molar-refractivity contribution is -0.121. The molecule has 0 aromatic heterocycles. The van der Waals surface area contributed by atoms with E-state index >= 15 is 0 Å². The Morgan fingerprint density at radius 1 is 1.39 bits per heavy atom. The van der Waals surface area contributed by atoms with Gasteiger partial charge in [-0.05, 0) is 71.3 Å². The molecule has 0 bridgehead atoms. The number of carbonyl (C=O) groups excluding carboxylic acids is 2. The van der Waals surface area contributed by atoms with Crippen molar-refractivity contribution in [2.24, 2.45) is 5.92 Å². The van der Waals surface area contributed by atoms with E-state index in [4.69, 9.17) is 4.79 Å². The average Bonchev–Trinajstić information content (AvgIpc) is 2.91. The maximum absolute atomic E-state index is 14.0. The number of carbonyl (C=O) groups is 3. The standard InChI is InChI=1S/C16H14BrFO3.CH2O/c1-7(19)8-2-3-10-9(4-8)5-11-12(16(20)21)6-13(18)15(17)14(10)11;1-2/h6,8H,2-5H2,1H3,(H,20,21);1H2. The number of benzene rings is 1. The van der Waals surface area contributed by atoms with Gasteiger partial charge in [0.25, 0.3) is 0 Å². The molecule has 1 unspecified atom stereocenters. The van der Waals surface area contributed by atoms with Crippen molar-refractivity contribution >= 4 is 40.0 Å². The number of fused-ring (bicyclic) bond motifs is 2. The molecule has 1 aromatic rings. The van der Waals surface area contributed by atoms with Gasteiger partial charge >= 0.3 is 5.97 Å². The Kier molecular flexibility index (Phi) is 5.14. The van der Waals surface area contributed by atoms with Crippen LogP contribution in [0.1, 0.15) is 47.7 Å². The van der Waals surface area contributed by atoms with Gasteiger partial charge in [-0.15, -0.1) is 0 Å². The van der Waals surface area contributed by atoms with Gasteiger partial charge in [0.2, 0.25) is 0 Å². The molecule has 0 aliphatic heterocycles. The predicted octanol–water partition coefficient (Wildman–Crippen LogP) is 3.80. The average molecular weight is 383 g/mol. The molecule has 3 rings (SSSR count). The first kappa shape index (κ1) is 17.5. The fraction of sp³-hybridized carbons (Fsp3) is 0.353. The van der Waals surface area contributed by atoms with E-state index in [0.717, 1.165) is 23.6 Å². The Bertz CT molecular complexity index is 724. The lowest BCUT2D eigenvalue weighted by Crippen LogP contribution is -2.15. The SMILES string of the molecule is C=O.CC(=O)C1CCC2=C(Cc3c(C(=O)O)cc(F)c(Br)c32)C1. The van der Waals surface area contributed by atoms with E-state index in [2.05, 4.69) is 15.9 Å². The number of halogens is 2. The molecular formula is C17H16BrFO4. The summed E-state index contributed by atoms with van der Waals surface area (Å²) in [4.78, 5) is 30.9. The summed E-state index contributed by atoms with van der Waals surface area (Å²) >= 11 is 3.25. The molecule has 0 spiro atoms. The summed E-state index contributed by atoms with van der Waals surface area (Å²) in [6.45, 7) is 3.59. The fourth-order valence-electron chi connectivity index (χ4n) is 3.41. The summed E-state index contributed by atoms with van der Waals surface area (Å²) in [6.07, 6.45) is 2.62. The number of carboxylic acids is 1. The number of allylic oxidation sites excluding steroid dienone is 2. The van der Waals surface area contributed by atoms with Crippen molar-refractivity contribution in [1.29, 1.82) is 0 Å². The molecule has 2 aliphatic rings. The smallest absolute Gasteiger partial charge is 0.336 e. The van der Waals surface area contributed by atoms with Gasteiger partial charge in [-0.3, -0.25) is 4.79 Å². The van der Waals surface area contributed by atoms with Gasteiger partial charge in [0.15, 0.2) is 0 Å². The van der Waals surface area contributed by atoms with Crippen LogP contribution in [0.2, 0.25) is 0 Å². The predicted molar refractivity (Wildman–Crippen MR) is 86.8 cm³/mol. The van der Waals surface area contributed by atoms with E-state index in [1.54, 1.807) is 6.92 Å². The third-order valence-electron chi connectivity index (χ3n) is 4.49. The summed E-state index contributed by atoms with van der Waals surface area (Å²) in [7, 11) is 0. The molecule has 23 heavy (non-hydrogen) atoms. The van der Waals surface area contributed by atoms with Crippen molar-refractivity contribution in [1.82, 2.24) is 0 Å². The third kappa shape index (κ3) is 3.00. The van der Waals surface area contributed by atoms with Crippen LogP contribution in [-0.2, 0) is 16.0 Å². The van der Waals surface area contributed by atoms with Gasteiger partial charge in [-0.2, -0.15) is 0 Å². The van der Waals surface area contributed by atoms with Gasteiger partial charge in [0.05, 0.1) is 10.0 Å². The van der Waals surface area contributed by atoms with Gasteiger partial charge in [-0.25, -0.2) is 9.18 Å². The van der Waals surface area contributed by atoms with Gasteiger partial charge in [-0.1, -0.05) is 5.57 Å². The highest BCUT2D eigenvalue weighted by Crippen LogP contribution is 2.47. The molecule has 1 N–H and O–H groups in total. The van der Waals surface area contributed by atoms with Crippen LogP contribution < -0.4 is 0 Å². The first-order chi connectivity index (χ1) is 10.9. The van der Waals surface area contributed by atoms with E-state index < -0.39 is 11.8 Å². The molecule has 4 nitrogen and oxygen atoms in total. The first-order valence-electron chi connectivity index (χ1n) is 7.15. The Labute approximate surface area is 141 Å². The molecular weight excluding hydrogens is 367 g/mol. The van der Waals surface area contributed by atoms with Crippen LogP contribution >= 0.6 is 15.9 Å². The van der Waals surface area contributed by atoms with Crippen LogP contribution in [0.25, 0.3) is 5.57 Å². The minimum Gasteiger partial charge on any atom is -0.478 e. The largest absolute Gasteiger partial charge is 0.478 e. The molecule has 0 amide bonds. The maximum atomic E-state index is 14.0. The van der Waals surface area contributed by atoms with Crippen LogP contribution in [0, 0.1) is 11.7 Å². The van der Waals surface area contributed by atoms with E-state index in [1.165, 1.54) is 0 Å². The topological polar surface area (TPSA) is 71.4 Å². The fourth-order valence-corrected chi connectivity index (χ4v) is 4.00. The highest BCUT2D eigenvalue weighted by Gasteiger charge is 2.34. The highest BCUT2D eigenvalue weighted by atomic mass is 79.9. The first-order valence-corrected chi connectivity index (χ1v) is 7.94. The Hall–Kier alpha value is -1.82. The van der Waals surface area contributed by atoms with Crippen molar-refractivity contribution in [3.8, 4) is 0 Å². The minimum absolute atomic E-state index is 0.00922. The van der Waals surface area contributed by atoms with E-state index in [9.17, 15) is 19.1 Å². The molecule has 1 atom stereocenters. The zero-order valence-corrected chi connectivity index (χ0v) is 14.2. The number of rotatable bonds is 2. The van der Waals surface area contributed by atoms with E-state index in [0.29, 0.717) is 34.9 Å². The molecule has 2 aliphatic carbocycles. The third-order valence-corrected chi connectivity index (χ3v) is 5.26. The Morgan fingerprint density at radius 3 is 2.61 bits per heavy atom. The second kappa shape index (κ2) is 6.74.